The Morgan fingerprint density at radius 1 is 0.750 bits per heavy atom. The van der Waals surface area contributed by atoms with Crippen LogP contribution < -0.4 is 5.32 Å². The van der Waals surface area contributed by atoms with Crippen LogP contribution in [0.2, 0.25) is 0 Å². The second kappa shape index (κ2) is 18.1. The van der Waals surface area contributed by atoms with Gasteiger partial charge in [-0.25, -0.2) is 14.4 Å². The Morgan fingerprint density at radius 2 is 1.29 bits per heavy atom. The fourth-order valence-electron chi connectivity index (χ4n) is 7.08. The van der Waals surface area contributed by atoms with Crippen molar-refractivity contribution in [2.75, 3.05) is 91.6 Å². The first-order chi connectivity index (χ1) is 22.9. The Balaban J connectivity index is 0.000000257. The van der Waals surface area contributed by atoms with E-state index in [2.05, 4.69) is 29.0 Å². The number of piperidine rings is 2. The van der Waals surface area contributed by atoms with E-state index in [4.69, 9.17) is 14.6 Å². The molecular formula is C36H60N6O6. The lowest BCUT2D eigenvalue weighted by Gasteiger charge is -2.41. The van der Waals surface area contributed by atoms with E-state index in [-0.39, 0.29) is 12.2 Å². The molecule has 2 N–H and O–H groups in total. The highest BCUT2D eigenvalue weighted by molar-refractivity contribution is 5.68. The Kier molecular flexibility index (Phi) is 14.2. The van der Waals surface area contributed by atoms with Crippen LogP contribution in [0.5, 0.6) is 0 Å². The van der Waals surface area contributed by atoms with Gasteiger partial charge in [0, 0.05) is 91.6 Å². The molecule has 5 rings (SSSR count). The molecule has 0 bridgehead atoms. The van der Waals surface area contributed by atoms with Crippen LogP contribution in [0.15, 0.2) is 30.3 Å². The van der Waals surface area contributed by atoms with Crippen LogP contribution in [0.25, 0.3) is 0 Å². The monoisotopic (exact) mass is 672 g/mol. The zero-order valence-electron chi connectivity index (χ0n) is 29.9. The summed E-state index contributed by atoms with van der Waals surface area (Å²) in [5.74, 6) is 2.11. The van der Waals surface area contributed by atoms with Gasteiger partial charge in [0.25, 0.3) is 0 Å². The summed E-state index contributed by atoms with van der Waals surface area (Å²) in [5, 5.41) is 12.3. The Bertz CT molecular complexity index is 1150. The largest absolute Gasteiger partial charge is 0.465 e. The van der Waals surface area contributed by atoms with Crippen molar-refractivity contribution in [1.82, 2.24) is 29.8 Å². The van der Waals surface area contributed by atoms with Crippen LogP contribution in [0, 0.1) is 23.7 Å². The van der Waals surface area contributed by atoms with Crippen molar-refractivity contribution in [3.05, 3.63) is 35.9 Å². The number of nitrogens with one attached hydrogen (secondary N) is 1. The van der Waals surface area contributed by atoms with Crippen LogP contribution in [-0.2, 0) is 16.1 Å². The zero-order valence-corrected chi connectivity index (χ0v) is 29.9. The molecule has 0 aromatic heterocycles. The van der Waals surface area contributed by atoms with Gasteiger partial charge in [-0.3, -0.25) is 4.90 Å². The maximum atomic E-state index is 12.4. The number of hydrogen-bond donors (Lipinski definition) is 2. The molecule has 1 aromatic rings. The minimum Gasteiger partial charge on any atom is -0.465 e. The highest BCUT2D eigenvalue weighted by atomic mass is 16.6. The molecule has 0 saturated carbocycles. The van der Waals surface area contributed by atoms with Crippen LogP contribution in [0.1, 0.15) is 53.0 Å². The van der Waals surface area contributed by atoms with Gasteiger partial charge in [-0.1, -0.05) is 44.2 Å². The molecule has 12 nitrogen and oxygen atoms in total. The van der Waals surface area contributed by atoms with Crippen molar-refractivity contribution in [1.29, 1.82) is 0 Å². The minimum absolute atomic E-state index is 0.208. The van der Waals surface area contributed by atoms with Gasteiger partial charge in [-0.15, -0.1) is 0 Å². The van der Waals surface area contributed by atoms with Crippen molar-refractivity contribution >= 4 is 18.3 Å². The van der Waals surface area contributed by atoms with Gasteiger partial charge in [0.15, 0.2) is 0 Å². The number of carbonyl (C=O) groups is 3. The number of nitrogens with zero attached hydrogens (tertiary/aromatic N) is 5. The molecule has 1 aromatic carbocycles. The molecular weight excluding hydrogens is 612 g/mol. The summed E-state index contributed by atoms with van der Waals surface area (Å²) >= 11 is 0. The minimum atomic E-state index is -0.766. The lowest BCUT2D eigenvalue weighted by atomic mass is 9.86. The molecule has 0 radical (unpaired) electrons. The van der Waals surface area contributed by atoms with E-state index in [9.17, 15) is 14.4 Å². The third-order valence-corrected chi connectivity index (χ3v) is 10.1. The van der Waals surface area contributed by atoms with Gasteiger partial charge in [0.1, 0.15) is 12.2 Å². The summed E-state index contributed by atoms with van der Waals surface area (Å²) in [6.07, 6.45) is 0.789. The number of likely N-dealkylation sites (tertiary alicyclic amines) is 2. The second-order valence-corrected chi connectivity index (χ2v) is 15.1. The number of rotatable bonds is 6. The number of ether oxygens (including phenoxy) is 2. The van der Waals surface area contributed by atoms with Crippen LogP contribution >= 0.6 is 0 Å². The molecule has 48 heavy (non-hydrogen) atoms. The van der Waals surface area contributed by atoms with Crippen LogP contribution in [0.3, 0.4) is 0 Å². The molecule has 0 spiro atoms. The van der Waals surface area contributed by atoms with Gasteiger partial charge >= 0.3 is 18.3 Å². The van der Waals surface area contributed by atoms with E-state index in [0.717, 1.165) is 83.9 Å². The van der Waals surface area contributed by atoms with Gasteiger partial charge in [0.05, 0.1) is 0 Å². The maximum absolute atomic E-state index is 12.4. The van der Waals surface area contributed by atoms with Crippen molar-refractivity contribution in [2.24, 2.45) is 23.7 Å². The van der Waals surface area contributed by atoms with E-state index in [1.165, 1.54) is 0 Å². The summed E-state index contributed by atoms with van der Waals surface area (Å²) in [4.78, 5) is 45.7. The van der Waals surface area contributed by atoms with E-state index in [1.54, 1.807) is 9.80 Å². The Labute approximate surface area is 287 Å². The van der Waals surface area contributed by atoms with Crippen LogP contribution in [0.4, 0.5) is 14.4 Å². The quantitative estimate of drug-likeness (QED) is 0.455. The molecule has 4 aliphatic heterocycles. The summed E-state index contributed by atoms with van der Waals surface area (Å²) in [5.41, 5.74) is 0.542. The van der Waals surface area contributed by atoms with Crippen LogP contribution in [-0.4, -0.2) is 145 Å². The molecule has 4 atom stereocenters. The molecule has 0 unspecified atom stereocenters. The van der Waals surface area contributed by atoms with Gasteiger partial charge in [-0.2, -0.15) is 0 Å². The number of amides is 3. The van der Waals surface area contributed by atoms with E-state index in [0.29, 0.717) is 56.5 Å². The number of hydrogen-bond acceptors (Lipinski definition) is 8. The van der Waals surface area contributed by atoms with E-state index in [1.807, 2.05) is 56.0 Å². The lowest BCUT2D eigenvalue weighted by Crippen LogP contribution is -2.52. The number of piperazine rings is 2. The predicted molar refractivity (Wildman–Crippen MR) is 186 cm³/mol. The SMILES string of the molecule is C[C@@H]1CN(C(=O)O)CC[C@@H]1CN1CCNCC1.C[C@@H]1CN(C(=O)OC(C)(C)C)CC[C@@H]1CN1CCN(C(=O)OCc2ccccc2)CC1. The van der Waals surface area contributed by atoms with Crippen molar-refractivity contribution < 1.29 is 29.0 Å². The van der Waals surface area contributed by atoms with E-state index >= 15 is 0 Å². The van der Waals surface area contributed by atoms with Crippen molar-refractivity contribution in [3.8, 4) is 0 Å². The molecule has 4 aliphatic rings. The normalized spacial score (nSPS) is 25.9. The number of carbonyl (C=O) groups excluding carboxylic acids is 2. The maximum Gasteiger partial charge on any atom is 0.410 e. The zero-order chi connectivity index (χ0) is 34.7. The molecule has 0 aliphatic carbocycles. The predicted octanol–water partition coefficient (Wildman–Crippen LogP) is 4.36. The van der Waals surface area contributed by atoms with Gasteiger partial charge in [0.2, 0.25) is 0 Å². The highest BCUT2D eigenvalue weighted by Gasteiger charge is 2.33. The first kappa shape index (κ1) is 37.7. The molecule has 270 valence electrons. The highest BCUT2D eigenvalue weighted by Crippen LogP contribution is 2.27. The first-order valence-electron chi connectivity index (χ1n) is 17.9. The molecule has 4 saturated heterocycles. The number of benzene rings is 1. The standard InChI is InChI=1S/C24H37N3O4.C12H23N3O2/c1-19-16-27(23(29)31-24(2,3)4)11-10-21(19)17-25-12-14-26(15-13-25)22(28)30-18-20-8-6-5-7-9-20;1-10-8-15(12(16)17)5-2-11(10)9-14-6-3-13-4-7-14/h5-9,19,21H,10-18H2,1-4H3;10-11,13H,2-9H2,1H3,(H,16,17)/t19-,21-;10-,11-/m11/s1. The van der Waals surface area contributed by atoms with Crippen molar-refractivity contribution in [2.45, 2.75) is 59.7 Å². The second-order valence-electron chi connectivity index (χ2n) is 15.1. The lowest BCUT2D eigenvalue weighted by molar-refractivity contribution is 0.00716. The summed E-state index contributed by atoms with van der Waals surface area (Å²) in [6, 6.07) is 9.76. The fourth-order valence-corrected chi connectivity index (χ4v) is 7.08. The first-order valence-corrected chi connectivity index (χ1v) is 17.9. The summed E-state index contributed by atoms with van der Waals surface area (Å²) in [6.45, 7) is 23.0. The average Bonchev–Trinajstić information content (AvgIpc) is 3.06. The fraction of sp³-hybridized carbons (Fsp3) is 0.750. The summed E-state index contributed by atoms with van der Waals surface area (Å²) < 4.78 is 11.0. The van der Waals surface area contributed by atoms with Crippen molar-refractivity contribution in [3.63, 3.8) is 0 Å². The smallest absolute Gasteiger partial charge is 0.410 e. The third kappa shape index (κ3) is 12.1. The average molecular weight is 673 g/mol. The van der Waals surface area contributed by atoms with E-state index < -0.39 is 11.7 Å². The topological polar surface area (TPSA) is 118 Å². The van der Waals surface area contributed by atoms with Gasteiger partial charge in [-0.05, 0) is 62.8 Å². The molecule has 4 heterocycles. The third-order valence-electron chi connectivity index (χ3n) is 10.1. The Hall–Kier alpha value is -3.09. The number of carboxylic acid groups (broad SMARTS) is 1. The molecule has 12 heteroatoms. The molecule has 4 fully saturated rings. The molecule has 3 amide bonds. The summed E-state index contributed by atoms with van der Waals surface area (Å²) in [7, 11) is 0. The Morgan fingerprint density at radius 3 is 1.83 bits per heavy atom. The van der Waals surface area contributed by atoms with Gasteiger partial charge < -0.3 is 39.5 Å².